The standard InChI is InChI=1S/C17H23F2N3O2/c1-3-24-16(23)12-5-4-8-22(11-12)17(20-2)21-10-13-9-14(18)6-7-15(13)19/h6-7,9,12H,3-5,8,10-11H2,1-2H3,(H,20,21). The minimum atomic E-state index is -0.483. The zero-order valence-corrected chi connectivity index (χ0v) is 14.0. The van der Waals surface area contributed by atoms with E-state index in [9.17, 15) is 13.6 Å². The van der Waals surface area contributed by atoms with E-state index in [1.54, 1.807) is 14.0 Å². The quantitative estimate of drug-likeness (QED) is 0.520. The number of carbonyl (C=O) groups excluding carboxylic acids is 1. The number of piperidine rings is 1. The molecule has 1 fully saturated rings. The van der Waals surface area contributed by atoms with Crippen molar-refractivity contribution in [3.8, 4) is 0 Å². The molecule has 0 amide bonds. The van der Waals surface area contributed by atoms with Crippen LogP contribution in [0.2, 0.25) is 0 Å². The van der Waals surface area contributed by atoms with Gasteiger partial charge in [-0.25, -0.2) is 8.78 Å². The number of hydrogen-bond donors (Lipinski definition) is 1. The Bertz CT molecular complexity index is 607. The van der Waals surface area contributed by atoms with E-state index in [4.69, 9.17) is 4.74 Å². The van der Waals surface area contributed by atoms with Gasteiger partial charge in [-0.3, -0.25) is 9.79 Å². The summed E-state index contributed by atoms with van der Waals surface area (Å²) in [5.41, 5.74) is 0.232. The molecule has 1 aliphatic rings. The summed E-state index contributed by atoms with van der Waals surface area (Å²) in [5, 5.41) is 3.03. The van der Waals surface area contributed by atoms with Gasteiger partial charge in [0.1, 0.15) is 11.6 Å². The van der Waals surface area contributed by atoms with Crippen molar-refractivity contribution in [2.75, 3.05) is 26.7 Å². The number of ether oxygens (including phenoxy) is 1. The highest BCUT2D eigenvalue weighted by molar-refractivity contribution is 5.81. The number of guanidine groups is 1. The molecule has 0 saturated carbocycles. The summed E-state index contributed by atoms with van der Waals surface area (Å²) < 4.78 is 32.0. The normalized spacial score (nSPS) is 18.4. The fourth-order valence-corrected chi connectivity index (χ4v) is 2.81. The number of esters is 1. The van der Waals surface area contributed by atoms with Crippen LogP contribution in [0.25, 0.3) is 0 Å². The minimum absolute atomic E-state index is 0.122. The molecule has 1 aromatic carbocycles. The Morgan fingerprint density at radius 3 is 2.96 bits per heavy atom. The average molecular weight is 339 g/mol. The SMILES string of the molecule is CCOC(=O)C1CCCN(C(=NC)NCc2cc(F)ccc2F)C1. The molecule has 7 heteroatoms. The molecule has 0 radical (unpaired) electrons. The van der Waals surface area contributed by atoms with Gasteiger partial charge in [0.15, 0.2) is 5.96 Å². The molecule has 1 aliphatic heterocycles. The van der Waals surface area contributed by atoms with Crippen molar-refractivity contribution in [3.05, 3.63) is 35.4 Å². The summed E-state index contributed by atoms with van der Waals surface area (Å²) in [7, 11) is 1.62. The summed E-state index contributed by atoms with van der Waals surface area (Å²) in [6.45, 7) is 3.52. The van der Waals surface area contributed by atoms with Gasteiger partial charge in [0.05, 0.1) is 12.5 Å². The first kappa shape index (κ1) is 18.2. The van der Waals surface area contributed by atoms with Gasteiger partial charge in [-0.1, -0.05) is 0 Å². The van der Waals surface area contributed by atoms with E-state index in [0.29, 0.717) is 19.1 Å². The molecule has 1 heterocycles. The molecule has 5 nitrogen and oxygen atoms in total. The maximum atomic E-state index is 13.7. The molecule has 132 valence electrons. The van der Waals surface area contributed by atoms with E-state index in [-0.39, 0.29) is 24.0 Å². The third-order valence-electron chi connectivity index (χ3n) is 4.00. The van der Waals surface area contributed by atoms with E-state index in [1.807, 2.05) is 4.90 Å². The number of nitrogens with one attached hydrogen (secondary N) is 1. The van der Waals surface area contributed by atoms with Crippen LogP contribution in [0.5, 0.6) is 0 Å². The van der Waals surface area contributed by atoms with Gasteiger partial charge < -0.3 is 15.0 Å². The predicted molar refractivity (Wildman–Crippen MR) is 87.5 cm³/mol. The van der Waals surface area contributed by atoms with Gasteiger partial charge in [-0.15, -0.1) is 0 Å². The van der Waals surface area contributed by atoms with Crippen LogP contribution < -0.4 is 5.32 Å². The van der Waals surface area contributed by atoms with Crippen molar-refractivity contribution >= 4 is 11.9 Å². The largest absolute Gasteiger partial charge is 0.466 e. The molecule has 0 bridgehead atoms. The highest BCUT2D eigenvalue weighted by atomic mass is 19.1. The Labute approximate surface area is 140 Å². The molecule has 1 saturated heterocycles. The fraction of sp³-hybridized carbons (Fsp3) is 0.529. The van der Waals surface area contributed by atoms with Crippen molar-refractivity contribution in [1.29, 1.82) is 0 Å². The van der Waals surface area contributed by atoms with Crippen LogP contribution in [0.4, 0.5) is 8.78 Å². The second-order valence-corrected chi connectivity index (χ2v) is 5.67. The van der Waals surface area contributed by atoms with Crippen LogP contribution in [0.15, 0.2) is 23.2 Å². The fourth-order valence-electron chi connectivity index (χ4n) is 2.81. The highest BCUT2D eigenvalue weighted by Crippen LogP contribution is 2.18. The zero-order valence-electron chi connectivity index (χ0n) is 14.0. The predicted octanol–water partition coefficient (Wildman–Crippen LogP) is 2.32. The van der Waals surface area contributed by atoms with Crippen LogP contribution in [0, 0.1) is 17.6 Å². The number of nitrogens with zero attached hydrogens (tertiary/aromatic N) is 2. The molecule has 1 unspecified atom stereocenters. The van der Waals surface area contributed by atoms with Crippen molar-refractivity contribution in [3.63, 3.8) is 0 Å². The Morgan fingerprint density at radius 1 is 1.46 bits per heavy atom. The Balaban J connectivity index is 1.98. The van der Waals surface area contributed by atoms with Gasteiger partial charge in [-0.05, 0) is 38.0 Å². The monoisotopic (exact) mass is 339 g/mol. The highest BCUT2D eigenvalue weighted by Gasteiger charge is 2.28. The van der Waals surface area contributed by atoms with Crippen molar-refractivity contribution in [2.24, 2.45) is 10.9 Å². The van der Waals surface area contributed by atoms with Crippen LogP contribution in [-0.4, -0.2) is 43.6 Å². The van der Waals surface area contributed by atoms with Crippen LogP contribution in [0.3, 0.4) is 0 Å². The summed E-state index contributed by atoms with van der Waals surface area (Å²) in [6.07, 6.45) is 1.63. The number of rotatable bonds is 4. The van der Waals surface area contributed by atoms with Crippen LogP contribution in [-0.2, 0) is 16.1 Å². The zero-order chi connectivity index (χ0) is 17.5. The molecule has 0 aliphatic carbocycles. The molecular formula is C17H23F2N3O2. The van der Waals surface area contributed by atoms with Crippen molar-refractivity contribution in [1.82, 2.24) is 10.2 Å². The molecular weight excluding hydrogens is 316 g/mol. The second kappa shape index (κ2) is 8.61. The summed E-state index contributed by atoms with van der Waals surface area (Å²) in [4.78, 5) is 18.0. The summed E-state index contributed by atoms with van der Waals surface area (Å²) in [5.74, 6) is -0.782. The molecule has 1 atom stereocenters. The molecule has 0 aromatic heterocycles. The molecule has 1 N–H and O–H groups in total. The topological polar surface area (TPSA) is 53.9 Å². The van der Waals surface area contributed by atoms with Gasteiger partial charge in [0, 0.05) is 32.2 Å². The number of halogens is 2. The lowest BCUT2D eigenvalue weighted by Gasteiger charge is -2.34. The van der Waals surface area contributed by atoms with E-state index in [1.165, 1.54) is 0 Å². The first-order valence-corrected chi connectivity index (χ1v) is 8.11. The number of aliphatic imine (C=N–C) groups is 1. The van der Waals surface area contributed by atoms with E-state index < -0.39 is 11.6 Å². The smallest absolute Gasteiger partial charge is 0.310 e. The van der Waals surface area contributed by atoms with Gasteiger partial charge >= 0.3 is 5.97 Å². The van der Waals surface area contributed by atoms with E-state index in [0.717, 1.165) is 37.6 Å². The van der Waals surface area contributed by atoms with Crippen LogP contribution in [0.1, 0.15) is 25.3 Å². The molecule has 1 aromatic rings. The number of hydrogen-bond acceptors (Lipinski definition) is 3. The summed E-state index contributed by atoms with van der Waals surface area (Å²) >= 11 is 0. The first-order valence-electron chi connectivity index (χ1n) is 8.11. The molecule has 24 heavy (non-hydrogen) atoms. The maximum absolute atomic E-state index is 13.7. The van der Waals surface area contributed by atoms with E-state index in [2.05, 4.69) is 10.3 Å². The van der Waals surface area contributed by atoms with Gasteiger partial charge in [-0.2, -0.15) is 0 Å². The summed E-state index contributed by atoms with van der Waals surface area (Å²) in [6, 6.07) is 3.35. The number of benzene rings is 1. The van der Waals surface area contributed by atoms with E-state index >= 15 is 0 Å². The molecule has 0 spiro atoms. The maximum Gasteiger partial charge on any atom is 0.310 e. The number of likely N-dealkylation sites (tertiary alicyclic amines) is 1. The third-order valence-corrected chi connectivity index (χ3v) is 4.00. The second-order valence-electron chi connectivity index (χ2n) is 5.67. The lowest BCUT2D eigenvalue weighted by molar-refractivity contribution is -0.149. The molecule has 2 rings (SSSR count). The van der Waals surface area contributed by atoms with Crippen LogP contribution >= 0.6 is 0 Å². The number of carbonyl (C=O) groups is 1. The first-order chi connectivity index (χ1) is 11.5. The Kier molecular flexibility index (Phi) is 6.52. The van der Waals surface area contributed by atoms with Crippen molar-refractivity contribution in [2.45, 2.75) is 26.3 Å². The van der Waals surface area contributed by atoms with Gasteiger partial charge in [0.2, 0.25) is 0 Å². The van der Waals surface area contributed by atoms with Gasteiger partial charge in [0.25, 0.3) is 0 Å². The average Bonchev–Trinajstić information content (AvgIpc) is 2.59. The lowest BCUT2D eigenvalue weighted by atomic mass is 9.98. The Hall–Kier alpha value is -2.18. The minimum Gasteiger partial charge on any atom is -0.466 e. The van der Waals surface area contributed by atoms with Crippen molar-refractivity contribution < 1.29 is 18.3 Å². The lowest BCUT2D eigenvalue weighted by Crippen LogP contribution is -2.48. The third kappa shape index (κ3) is 4.66. The Morgan fingerprint density at radius 2 is 2.25 bits per heavy atom.